The molecular weight excluding hydrogens is 298 g/mol. The third-order valence-electron chi connectivity index (χ3n) is 3.22. The lowest BCUT2D eigenvalue weighted by Crippen LogP contribution is -2.40. The van der Waals surface area contributed by atoms with Gasteiger partial charge in [0.25, 0.3) is 5.97 Å². The van der Waals surface area contributed by atoms with Crippen molar-refractivity contribution in [2.45, 2.75) is 65.5 Å². The molecule has 0 rings (SSSR count). The Bertz CT molecular complexity index is 329. The van der Waals surface area contributed by atoms with Crippen LogP contribution in [0.25, 0.3) is 0 Å². The number of nitrogens with two attached hydrogens (primary N) is 1. The monoisotopic (exact) mass is 331 g/mol. The van der Waals surface area contributed by atoms with E-state index < -0.39 is 5.97 Å². The second kappa shape index (κ2) is 12.5. The molecule has 0 bridgehead atoms. The minimum atomic E-state index is -1.09. The second-order valence-electron chi connectivity index (χ2n) is 5.26. The highest BCUT2D eigenvalue weighted by atomic mass is 16.9. The van der Waals surface area contributed by atoms with Crippen molar-refractivity contribution >= 4 is 5.97 Å². The summed E-state index contributed by atoms with van der Waals surface area (Å²) in [6.45, 7) is 12.9. The molecule has 6 heteroatoms. The highest BCUT2D eigenvalue weighted by Crippen LogP contribution is 2.25. The Labute approximate surface area is 140 Å². The van der Waals surface area contributed by atoms with Gasteiger partial charge in [-0.2, -0.15) is 0 Å². The van der Waals surface area contributed by atoms with Crippen LogP contribution < -0.4 is 5.73 Å². The Kier molecular flexibility index (Phi) is 12.0. The van der Waals surface area contributed by atoms with E-state index >= 15 is 0 Å². The van der Waals surface area contributed by atoms with Crippen LogP contribution in [-0.2, 0) is 23.7 Å². The first-order chi connectivity index (χ1) is 10.9. The van der Waals surface area contributed by atoms with Crippen LogP contribution >= 0.6 is 0 Å². The van der Waals surface area contributed by atoms with Gasteiger partial charge < -0.3 is 24.7 Å². The third-order valence-corrected chi connectivity index (χ3v) is 3.22. The average molecular weight is 331 g/mol. The molecule has 0 aromatic rings. The number of carbonyl (C=O) groups excluding carboxylic acids is 1. The maximum absolute atomic E-state index is 11.8. The van der Waals surface area contributed by atoms with Gasteiger partial charge in [-0.1, -0.05) is 6.58 Å². The van der Waals surface area contributed by atoms with Crippen molar-refractivity contribution in [1.29, 1.82) is 0 Å². The van der Waals surface area contributed by atoms with Gasteiger partial charge in [0.1, 0.15) is 6.10 Å². The number of hydrogen-bond donors (Lipinski definition) is 1. The molecule has 2 N–H and O–H groups in total. The van der Waals surface area contributed by atoms with Crippen LogP contribution in [-0.4, -0.2) is 44.4 Å². The maximum Gasteiger partial charge on any atom is 0.333 e. The number of carbonyl (C=O) groups is 1. The zero-order valence-corrected chi connectivity index (χ0v) is 15.1. The van der Waals surface area contributed by atoms with Gasteiger partial charge >= 0.3 is 5.97 Å². The van der Waals surface area contributed by atoms with E-state index in [1.807, 2.05) is 20.8 Å². The van der Waals surface area contributed by atoms with Crippen LogP contribution in [0.3, 0.4) is 0 Å². The van der Waals surface area contributed by atoms with E-state index in [2.05, 4.69) is 6.58 Å². The quantitative estimate of drug-likeness (QED) is 0.299. The van der Waals surface area contributed by atoms with E-state index in [1.54, 1.807) is 6.92 Å². The molecule has 0 heterocycles. The summed E-state index contributed by atoms with van der Waals surface area (Å²) in [5.74, 6) is -1.48. The van der Waals surface area contributed by atoms with Crippen molar-refractivity contribution < 1.29 is 23.7 Å². The minimum Gasteiger partial charge on any atom is -0.459 e. The van der Waals surface area contributed by atoms with Gasteiger partial charge in [0.2, 0.25) is 0 Å². The molecule has 0 aliphatic carbocycles. The lowest BCUT2D eigenvalue weighted by molar-refractivity contribution is -0.381. The standard InChI is InChI=1S/C17H33NO5/c1-6-20-17(21-7-2,22-8-3)12-11-15(10-9-13-18)23-16(19)14(4)5/h15H,4,6-13,18H2,1-3,5H3. The molecule has 0 aromatic carbocycles. The van der Waals surface area contributed by atoms with Crippen LogP contribution in [0.15, 0.2) is 12.2 Å². The summed E-state index contributed by atoms with van der Waals surface area (Å²) < 4.78 is 22.6. The minimum absolute atomic E-state index is 0.261. The highest BCUT2D eigenvalue weighted by molar-refractivity contribution is 5.87. The van der Waals surface area contributed by atoms with Gasteiger partial charge in [-0.05, 0) is 53.5 Å². The average Bonchev–Trinajstić information content (AvgIpc) is 2.50. The Morgan fingerprint density at radius 1 is 1.09 bits per heavy atom. The van der Waals surface area contributed by atoms with Crippen molar-refractivity contribution in [2.24, 2.45) is 5.73 Å². The van der Waals surface area contributed by atoms with E-state index in [9.17, 15) is 4.79 Å². The normalized spacial score (nSPS) is 12.9. The molecule has 0 aliphatic heterocycles. The van der Waals surface area contributed by atoms with Gasteiger partial charge in [-0.3, -0.25) is 0 Å². The van der Waals surface area contributed by atoms with Crippen LogP contribution in [0.2, 0.25) is 0 Å². The van der Waals surface area contributed by atoms with E-state index in [0.29, 0.717) is 51.2 Å². The molecule has 1 unspecified atom stereocenters. The Morgan fingerprint density at radius 3 is 2.00 bits per heavy atom. The molecule has 0 radical (unpaired) electrons. The lowest BCUT2D eigenvalue weighted by atomic mass is 10.1. The molecule has 1 atom stereocenters. The fourth-order valence-corrected chi connectivity index (χ4v) is 2.20. The summed E-state index contributed by atoms with van der Waals surface area (Å²) >= 11 is 0. The molecule has 0 amide bonds. The van der Waals surface area contributed by atoms with Crippen LogP contribution in [0, 0.1) is 0 Å². The summed E-state index contributed by atoms with van der Waals surface area (Å²) in [5.41, 5.74) is 5.94. The van der Waals surface area contributed by atoms with Gasteiger partial charge in [0.05, 0.1) is 0 Å². The van der Waals surface area contributed by atoms with Crippen molar-refractivity contribution in [3.8, 4) is 0 Å². The van der Waals surface area contributed by atoms with Crippen LogP contribution in [0.5, 0.6) is 0 Å². The van der Waals surface area contributed by atoms with Crippen molar-refractivity contribution in [3.05, 3.63) is 12.2 Å². The SMILES string of the molecule is C=C(C)C(=O)OC(CCCN)CCC(OCC)(OCC)OCC. The molecule has 0 aromatic heterocycles. The molecule has 136 valence electrons. The summed E-state index contributed by atoms with van der Waals surface area (Å²) in [4.78, 5) is 11.8. The van der Waals surface area contributed by atoms with Crippen LogP contribution in [0.1, 0.15) is 53.4 Å². The first kappa shape index (κ1) is 22.1. The van der Waals surface area contributed by atoms with Crippen molar-refractivity contribution in [3.63, 3.8) is 0 Å². The molecule has 6 nitrogen and oxygen atoms in total. The molecule has 0 spiro atoms. The van der Waals surface area contributed by atoms with Gasteiger partial charge in [-0.15, -0.1) is 0 Å². The smallest absolute Gasteiger partial charge is 0.333 e. The number of esters is 1. The molecular formula is C17H33NO5. The predicted molar refractivity (Wildman–Crippen MR) is 89.8 cm³/mol. The maximum atomic E-state index is 11.8. The summed E-state index contributed by atoms with van der Waals surface area (Å²) in [7, 11) is 0. The summed E-state index contributed by atoms with van der Waals surface area (Å²) in [6.07, 6.45) is 2.25. The summed E-state index contributed by atoms with van der Waals surface area (Å²) in [6, 6.07) is 0. The summed E-state index contributed by atoms with van der Waals surface area (Å²) in [5, 5.41) is 0. The van der Waals surface area contributed by atoms with Crippen molar-refractivity contribution in [1.82, 2.24) is 0 Å². The Morgan fingerprint density at radius 2 is 1.61 bits per heavy atom. The first-order valence-corrected chi connectivity index (χ1v) is 8.43. The zero-order chi connectivity index (χ0) is 17.7. The van der Waals surface area contributed by atoms with Gasteiger partial charge in [0, 0.05) is 31.8 Å². The number of hydrogen-bond acceptors (Lipinski definition) is 6. The molecule has 0 aliphatic rings. The number of rotatable bonds is 14. The molecule has 0 saturated heterocycles. The topological polar surface area (TPSA) is 80.0 Å². The second-order valence-corrected chi connectivity index (χ2v) is 5.26. The Balaban J connectivity index is 4.84. The first-order valence-electron chi connectivity index (χ1n) is 8.43. The fourth-order valence-electron chi connectivity index (χ4n) is 2.20. The van der Waals surface area contributed by atoms with Crippen molar-refractivity contribution in [2.75, 3.05) is 26.4 Å². The lowest BCUT2D eigenvalue weighted by Gasteiger charge is -2.33. The zero-order valence-electron chi connectivity index (χ0n) is 15.1. The Hall–Kier alpha value is -0.950. The van der Waals surface area contributed by atoms with Crippen LogP contribution in [0.4, 0.5) is 0 Å². The van der Waals surface area contributed by atoms with E-state index in [4.69, 9.17) is 24.7 Å². The highest BCUT2D eigenvalue weighted by Gasteiger charge is 2.33. The van der Waals surface area contributed by atoms with Gasteiger partial charge in [-0.25, -0.2) is 4.79 Å². The third kappa shape index (κ3) is 9.05. The predicted octanol–water partition coefficient (Wildman–Crippen LogP) is 2.76. The number of ether oxygens (including phenoxy) is 4. The molecule has 23 heavy (non-hydrogen) atoms. The largest absolute Gasteiger partial charge is 0.459 e. The van der Waals surface area contributed by atoms with E-state index in [1.165, 1.54) is 0 Å². The van der Waals surface area contributed by atoms with Gasteiger partial charge in [0.15, 0.2) is 0 Å². The fraction of sp³-hybridized carbons (Fsp3) is 0.824. The van der Waals surface area contributed by atoms with E-state index in [0.717, 1.165) is 6.42 Å². The van der Waals surface area contributed by atoms with E-state index in [-0.39, 0.29) is 12.1 Å². The molecule has 0 saturated carbocycles. The molecule has 0 fully saturated rings.